The van der Waals surface area contributed by atoms with Crippen LogP contribution in [0.2, 0.25) is 0 Å². The van der Waals surface area contributed by atoms with E-state index >= 15 is 0 Å². The molecule has 2 heterocycles. The van der Waals surface area contributed by atoms with E-state index in [1.165, 1.54) is 18.0 Å². The summed E-state index contributed by atoms with van der Waals surface area (Å²) in [6, 6.07) is 8.68. The molecule has 0 radical (unpaired) electrons. The van der Waals surface area contributed by atoms with Crippen molar-refractivity contribution in [2.75, 3.05) is 25.2 Å². The Morgan fingerprint density at radius 2 is 2.04 bits per heavy atom. The molecule has 3 rings (SSSR count). The third kappa shape index (κ3) is 4.64. The van der Waals surface area contributed by atoms with Gasteiger partial charge in [0.25, 0.3) is 5.91 Å². The Bertz CT molecular complexity index is 939. The minimum absolute atomic E-state index is 0.0475. The van der Waals surface area contributed by atoms with Gasteiger partial charge < -0.3 is 14.8 Å². The van der Waals surface area contributed by atoms with Gasteiger partial charge in [-0.05, 0) is 18.6 Å². The molecule has 9 nitrogen and oxygen atoms in total. The number of aromatic nitrogens is 2. The van der Waals surface area contributed by atoms with Crippen LogP contribution < -0.4 is 10.1 Å². The highest BCUT2D eigenvalue weighted by molar-refractivity contribution is 7.91. The standard InChI is InChI=1S/C17H19N3O6S/c1-25-14-9-20(13-5-3-2-4-6-13)19-16(14)17(22)26-10-15(21)18-12-7-8-27(23,24)11-12/h2-6,9,12H,7-8,10-11H2,1H3,(H,18,21)/t12-/m1/s1. The van der Waals surface area contributed by atoms with Gasteiger partial charge in [-0.25, -0.2) is 17.9 Å². The summed E-state index contributed by atoms with van der Waals surface area (Å²) < 4.78 is 34.4. The second-order valence-electron chi connectivity index (χ2n) is 6.07. The van der Waals surface area contributed by atoms with Gasteiger partial charge in [-0.1, -0.05) is 18.2 Å². The number of nitrogens with zero attached hydrogens (tertiary/aromatic N) is 2. The lowest BCUT2D eigenvalue weighted by Crippen LogP contribution is -2.38. The van der Waals surface area contributed by atoms with Gasteiger partial charge >= 0.3 is 5.97 Å². The number of methoxy groups -OCH3 is 1. The number of benzene rings is 1. The van der Waals surface area contributed by atoms with Crippen molar-refractivity contribution in [3.8, 4) is 11.4 Å². The number of nitrogens with one attached hydrogen (secondary N) is 1. The fourth-order valence-electron chi connectivity index (χ4n) is 2.74. The molecule has 1 aliphatic heterocycles. The van der Waals surface area contributed by atoms with E-state index in [0.29, 0.717) is 6.42 Å². The third-order valence-electron chi connectivity index (χ3n) is 4.05. The van der Waals surface area contributed by atoms with Crippen molar-refractivity contribution < 1.29 is 27.5 Å². The minimum Gasteiger partial charge on any atom is -0.493 e. The van der Waals surface area contributed by atoms with E-state index < -0.39 is 34.4 Å². The maximum atomic E-state index is 12.3. The summed E-state index contributed by atoms with van der Waals surface area (Å²) in [5.74, 6) is -1.21. The lowest BCUT2D eigenvalue weighted by Gasteiger charge is -2.10. The molecule has 27 heavy (non-hydrogen) atoms. The molecule has 0 aliphatic carbocycles. The van der Waals surface area contributed by atoms with E-state index in [4.69, 9.17) is 9.47 Å². The molecule has 1 saturated heterocycles. The number of para-hydroxylation sites is 1. The molecule has 0 saturated carbocycles. The maximum absolute atomic E-state index is 12.3. The lowest BCUT2D eigenvalue weighted by atomic mass is 10.2. The zero-order chi connectivity index (χ0) is 19.4. The molecule has 1 atom stereocenters. The van der Waals surface area contributed by atoms with Crippen LogP contribution in [-0.4, -0.2) is 61.3 Å². The largest absolute Gasteiger partial charge is 0.493 e. The Kier molecular flexibility index (Phi) is 5.45. The van der Waals surface area contributed by atoms with Crippen molar-refractivity contribution >= 4 is 21.7 Å². The quantitative estimate of drug-likeness (QED) is 0.704. The average molecular weight is 393 g/mol. The number of carbonyl (C=O) groups excluding carboxylic acids is 2. The molecule has 1 aromatic heterocycles. The first-order valence-electron chi connectivity index (χ1n) is 8.24. The van der Waals surface area contributed by atoms with Crippen LogP contribution in [0.1, 0.15) is 16.9 Å². The van der Waals surface area contributed by atoms with Gasteiger partial charge in [0.2, 0.25) is 5.69 Å². The van der Waals surface area contributed by atoms with Crippen LogP contribution in [0.25, 0.3) is 5.69 Å². The number of carbonyl (C=O) groups is 2. The smallest absolute Gasteiger partial charge is 0.363 e. The number of amides is 1. The minimum atomic E-state index is -3.10. The molecule has 0 bridgehead atoms. The molecule has 2 aromatic rings. The average Bonchev–Trinajstić information content (AvgIpc) is 3.23. The Morgan fingerprint density at radius 1 is 1.30 bits per heavy atom. The maximum Gasteiger partial charge on any atom is 0.363 e. The monoisotopic (exact) mass is 393 g/mol. The van der Waals surface area contributed by atoms with Gasteiger partial charge in [-0.2, -0.15) is 5.10 Å². The third-order valence-corrected chi connectivity index (χ3v) is 5.81. The fraction of sp³-hybridized carbons (Fsp3) is 0.353. The Hall–Kier alpha value is -2.88. The summed E-state index contributed by atoms with van der Waals surface area (Å²) in [6.45, 7) is -0.531. The van der Waals surface area contributed by atoms with Crippen LogP contribution in [0.5, 0.6) is 5.75 Å². The predicted molar refractivity (Wildman–Crippen MR) is 95.6 cm³/mol. The number of rotatable bonds is 6. The summed E-state index contributed by atoms with van der Waals surface area (Å²) in [4.78, 5) is 24.1. The van der Waals surface area contributed by atoms with E-state index in [9.17, 15) is 18.0 Å². The highest BCUT2D eigenvalue weighted by Crippen LogP contribution is 2.20. The normalized spacial score (nSPS) is 18.0. The van der Waals surface area contributed by atoms with Gasteiger partial charge in [-0.3, -0.25) is 4.79 Å². The molecule has 144 valence electrons. The van der Waals surface area contributed by atoms with E-state index in [-0.39, 0.29) is 22.9 Å². The van der Waals surface area contributed by atoms with E-state index in [1.807, 2.05) is 30.3 Å². The van der Waals surface area contributed by atoms with Crippen LogP contribution >= 0.6 is 0 Å². The summed E-state index contributed by atoms with van der Waals surface area (Å²) in [6.07, 6.45) is 1.90. The zero-order valence-corrected chi connectivity index (χ0v) is 15.4. The molecule has 0 unspecified atom stereocenters. The van der Waals surface area contributed by atoms with Crippen LogP contribution in [0.15, 0.2) is 36.5 Å². The number of ether oxygens (including phenoxy) is 2. The Morgan fingerprint density at radius 3 is 2.67 bits per heavy atom. The first kappa shape index (κ1) is 18.9. The summed E-state index contributed by atoms with van der Waals surface area (Å²) in [5.41, 5.74) is 0.674. The van der Waals surface area contributed by atoms with Crippen LogP contribution in [-0.2, 0) is 19.4 Å². The van der Waals surface area contributed by atoms with Gasteiger partial charge in [0.15, 0.2) is 22.2 Å². The molecule has 10 heteroatoms. The van der Waals surface area contributed by atoms with Gasteiger partial charge in [0, 0.05) is 6.04 Å². The molecular formula is C17H19N3O6S. The lowest BCUT2D eigenvalue weighted by molar-refractivity contribution is -0.124. The van der Waals surface area contributed by atoms with Crippen molar-refractivity contribution in [3.63, 3.8) is 0 Å². The van der Waals surface area contributed by atoms with Crippen molar-refractivity contribution in [3.05, 3.63) is 42.2 Å². The molecule has 1 aliphatic rings. The number of hydrogen-bond acceptors (Lipinski definition) is 7. The Balaban J connectivity index is 1.61. The summed E-state index contributed by atoms with van der Waals surface area (Å²) in [7, 11) is -1.70. The molecule has 1 aromatic carbocycles. The van der Waals surface area contributed by atoms with E-state index in [2.05, 4.69) is 10.4 Å². The van der Waals surface area contributed by atoms with Crippen LogP contribution in [0.3, 0.4) is 0 Å². The van der Waals surface area contributed by atoms with Crippen LogP contribution in [0.4, 0.5) is 0 Å². The Labute approximate surface area is 156 Å². The van der Waals surface area contributed by atoms with Crippen molar-refractivity contribution in [2.45, 2.75) is 12.5 Å². The SMILES string of the molecule is COc1cn(-c2ccccc2)nc1C(=O)OCC(=O)N[C@@H]1CCS(=O)(=O)C1. The number of hydrogen-bond donors (Lipinski definition) is 1. The summed E-state index contributed by atoms with van der Waals surface area (Å²) >= 11 is 0. The van der Waals surface area contributed by atoms with Gasteiger partial charge in [0.1, 0.15) is 0 Å². The van der Waals surface area contributed by atoms with Crippen LogP contribution in [0, 0.1) is 0 Å². The van der Waals surface area contributed by atoms with E-state index in [1.54, 1.807) is 0 Å². The second-order valence-corrected chi connectivity index (χ2v) is 8.30. The summed E-state index contributed by atoms with van der Waals surface area (Å²) in [5, 5.41) is 6.71. The van der Waals surface area contributed by atoms with E-state index in [0.717, 1.165) is 5.69 Å². The number of sulfone groups is 1. The fourth-order valence-corrected chi connectivity index (χ4v) is 4.41. The second kappa shape index (κ2) is 7.78. The first-order chi connectivity index (χ1) is 12.9. The first-order valence-corrected chi connectivity index (χ1v) is 10.1. The molecule has 1 fully saturated rings. The molecule has 0 spiro atoms. The topological polar surface area (TPSA) is 117 Å². The van der Waals surface area contributed by atoms with Gasteiger partial charge in [-0.15, -0.1) is 0 Å². The van der Waals surface area contributed by atoms with Crippen molar-refractivity contribution in [1.82, 2.24) is 15.1 Å². The highest BCUT2D eigenvalue weighted by atomic mass is 32.2. The predicted octanol–water partition coefficient (Wildman–Crippen LogP) is 0.341. The van der Waals surface area contributed by atoms with Crippen molar-refractivity contribution in [1.29, 1.82) is 0 Å². The number of esters is 1. The van der Waals surface area contributed by atoms with Crippen molar-refractivity contribution in [2.24, 2.45) is 0 Å². The molecule has 1 N–H and O–H groups in total. The highest BCUT2D eigenvalue weighted by Gasteiger charge is 2.29. The zero-order valence-electron chi connectivity index (χ0n) is 14.6. The molecule has 1 amide bonds. The molecular weight excluding hydrogens is 374 g/mol. The van der Waals surface area contributed by atoms with Gasteiger partial charge in [0.05, 0.1) is 30.5 Å².